The average Bonchev–Trinajstić information content (AvgIpc) is 2.51. The number of hydrogen-bond donors (Lipinski definition) is 2. The van der Waals surface area contributed by atoms with E-state index in [1.807, 2.05) is 19.1 Å². The molecule has 1 aromatic rings. The second-order valence-corrected chi connectivity index (χ2v) is 4.83. The van der Waals surface area contributed by atoms with Crippen molar-refractivity contribution in [2.24, 2.45) is 5.73 Å². The minimum absolute atomic E-state index is 0.0910. The van der Waals surface area contributed by atoms with Gasteiger partial charge in [-0.1, -0.05) is 17.9 Å². The Kier molecular flexibility index (Phi) is 5.76. The Bertz CT molecular complexity index is 554. The normalized spacial score (nSPS) is 17.7. The van der Waals surface area contributed by atoms with Gasteiger partial charge in [-0.25, -0.2) is 0 Å². The van der Waals surface area contributed by atoms with E-state index in [0.717, 1.165) is 5.56 Å². The third-order valence-corrected chi connectivity index (χ3v) is 3.12. The van der Waals surface area contributed by atoms with Gasteiger partial charge < -0.3 is 20.5 Å². The van der Waals surface area contributed by atoms with E-state index in [1.54, 1.807) is 6.07 Å². The van der Waals surface area contributed by atoms with Gasteiger partial charge in [-0.2, -0.15) is 0 Å². The number of aryl methyl sites for hydroxylation is 1. The molecule has 1 unspecified atom stereocenters. The number of nitrogens with two attached hydrogens (primary N) is 1. The minimum Gasteiger partial charge on any atom is -0.376 e. The molecule has 0 radical (unpaired) electrons. The maximum atomic E-state index is 12.3. The number of nitrogens with one attached hydrogen (secondary N) is 1. The molecule has 0 aromatic heterocycles. The van der Waals surface area contributed by atoms with E-state index in [-0.39, 0.29) is 18.6 Å². The average molecular weight is 288 g/mol. The van der Waals surface area contributed by atoms with Gasteiger partial charge in [-0.05, 0) is 24.6 Å². The van der Waals surface area contributed by atoms with Crippen molar-refractivity contribution in [3.8, 4) is 11.8 Å². The first-order chi connectivity index (χ1) is 10.2. The van der Waals surface area contributed by atoms with Gasteiger partial charge in [-0.3, -0.25) is 4.79 Å². The maximum Gasteiger partial charge on any atom is 0.252 e. The van der Waals surface area contributed by atoms with Gasteiger partial charge in [0, 0.05) is 12.1 Å². The molecular weight excluding hydrogens is 268 g/mol. The molecule has 1 saturated heterocycles. The lowest BCUT2D eigenvalue weighted by molar-refractivity contribution is -0.0855. The number of benzene rings is 1. The van der Waals surface area contributed by atoms with Crippen LogP contribution in [0.2, 0.25) is 0 Å². The van der Waals surface area contributed by atoms with Crippen molar-refractivity contribution in [1.82, 2.24) is 5.32 Å². The molecular formula is C16H20N2O3. The summed E-state index contributed by atoms with van der Waals surface area (Å²) in [6, 6.07) is 5.56. The Hall–Kier alpha value is -1.87. The predicted octanol–water partition coefficient (Wildman–Crippen LogP) is 0.450. The van der Waals surface area contributed by atoms with Crippen LogP contribution in [0.15, 0.2) is 18.2 Å². The van der Waals surface area contributed by atoms with E-state index < -0.39 is 0 Å². The van der Waals surface area contributed by atoms with Gasteiger partial charge in [0.05, 0.1) is 38.0 Å². The van der Waals surface area contributed by atoms with E-state index >= 15 is 0 Å². The van der Waals surface area contributed by atoms with Crippen molar-refractivity contribution < 1.29 is 14.3 Å². The summed E-state index contributed by atoms with van der Waals surface area (Å²) < 4.78 is 10.8. The summed E-state index contributed by atoms with van der Waals surface area (Å²) in [5.74, 6) is 5.56. The highest BCUT2D eigenvalue weighted by Crippen LogP contribution is 2.11. The Morgan fingerprint density at radius 2 is 2.33 bits per heavy atom. The highest BCUT2D eigenvalue weighted by Gasteiger charge is 2.17. The monoisotopic (exact) mass is 288 g/mol. The second-order valence-electron chi connectivity index (χ2n) is 4.83. The Balaban J connectivity index is 2.03. The molecule has 0 saturated carbocycles. The summed E-state index contributed by atoms with van der Waals surface area (Å²) in [5, 5.41) is 2.86. The molecule has 2 rings (SSSR count). The molecule has 1 amide bonds. The van der Waals surface area contributed by atoms with E-state index in [1.165, 1.54) is 0 Å². The van der Waals surface area contributed by atoms with Crippen molar-refractivity contribution in [3.63, 3.8) is 0 Å². The first-order valence-corrected chi connectivity index (χ1v) is 6.98. The molecule has 5 heteroatoms. The Labute approximate surface area is 124 Å². The fourth-order valence-electron chi connectivity index (χ4n) is 2.06. The summed E-state index contributed by atoms with van der Waals surface area (Å²) in [7, 11) is 0. The molecule has 1 aliphatic rings. The van der Waals surface area contributed by atoms with E-state index in [0.29, 0.717) is 37.5 Å². The van der Waals surface area contributed by atoms with Gasteiger partial charge in [0.1, 0.15) is 0 Å². The van der Waals surface area contributed by atoms with Crippen LogP contribution >= 0.6 is 0 Å². The summed E-state index contributed by atoms with van der Waals surface area (Å²) in [5.41, 5.74) is 7.69. The zero-order valence-electron chi connectivity index (χ0n) is 12.1. The van der Waals surface area contributed by atoms with E-state index in [4.69, 9.17) is 15.2 Å². The highest BCUT2D eigenvalue weighted by atomic mass is 16.6. The van der Waals surface area contributed by atoms with Crippen LogP contribution in [0.25, 0.3) is 0 Å². The van der Waals surface area contributed by atoms with Crippen LogP contribution in [0.3, 0.4) is 0 Å². The number of rotatable bonds is 3. The number of ether oxygens (including phenoxy) is 2. The number of carbonyl (C=O) groups is 1. The molecule has 3 N–H and O–H groups in total. The summed E-state index contributed by atoms with van der Waals surface area (Å²) in [4.78, 5) is 12.3. The first kappa shape index (κ1) is 15.5. The highest BCUT2D eigenvalue weighted by molar-refractivity contribution is 5.96. The fourth-order valence-corrected chi connectivity index (χ4v) is 2.06. The Morgan fingerprint density at radius 3 is 3.05 bits per heavy atom. The standard InChI is InChI=1S/C16H20N2O3/c1-12-4-5-15(13(9-12)3-2-6-17)16(19)18-10-14-11-20-7-8-21-14/h4-5,9,14H,6-8,10-11,17H2,1H3,(H,18,19). The molecule has 1 atom stereocenters. The molecule has 1 aliphatic heterocycles. The van der Waals surface area contributed by atoms with Crippen LogP contribution in [0.1, 0.15) is 21.5 Å². The minimum atomic E-state index is -0.162. The van der Waals surface area contributed by atoms with Crippen molar-refractivity contribution in [2.45, 2.75) is 13.0 Å². The second kappa shape index (κ2) is 7.79. The molecule has 112 valence electrons. The Morgan fingerprint density at radius 1 is 1.48 bits per heavy atom. The summed E-state index contributed by atoms with van der Waals surface area (Å²) in [6.45, 7) is 4.34. The zero-order chi connectivity index (χ0) is 15.1. The number of hydrogen-bond acceptors (Lipinski definition) is 4. The van der Waals surface area contributed by atoms with Gasteiger partial charge in [0.2, 0.25) is 0 Å². The molecule has 0 aliphatic carbocycles. The van der Waals surface area contributed by atoms with E-state index in [9.17, 15) is 4.79 Å². The molecule has 0 spiro atoms. The summed E-state index contributed by atoms with van der Waals surface area (Å²) in [6.07, 6.45) is -0.0910. The van der Waals surface area contributed by atoms with E-state index in [2.05, 4.69) is 17.2 Å². The number of amides is 1. The number of carbonyl (C=O) groups excluding carboxylic acids is 1. The quantitative estimate of drug-likeness (QED) is 0.792. The van der Waals surface area contributed by atoms with Crippen molar-refractivity contribution in [3.05, 3.63) is 34.9 Å². The lowest BCUT2D eigenvalue weighted by atomic mass is 10.0. The largest absolute Gasteiger partial charge is 0.376 e. The topological polar surface area (TPSA) is 73.6 Å². The molecule has 1 aromatic carbocycles. The van der Waals surface area contributed by atoms with Crippen LogP contribution in [0, 0.1) is 18.8 Å². The fraction of sp³-hybridized carbons (Fsp3) is 0.438. The predicted molar refractivity (Wildman–Crippen MR) is 80.0 cm³/mol. The third kappa shape index (κ3) is 4.57. The third-order valence-electron chi connectivity index (χ3n) is 3.12. The molecule has 0 bridgehead atoms. The van der Waals surface area contributed by atoms with Crippen LogP contribution in [0.4, 0.5) is 0 Å². The molecule has 1 fully saturated rings. The SMILES string of the molecule is Cc1ccc(C(=O)NCC2COCCO2)c(C#CCN)c1. The van der Waals surface area contributed by atoms with Crippen LogP contribution < -0.4 is 11.1 Å². The smallest absolute Gasteiger partial charge is 0.252 e. The lowest BCUT2D eigenvalue weighted by Crippen LogP contribution is -2.39. The van der Waals surface area contributed by atoms with Crippen molar-refractivity contribution in [1.29, 1.82) is 0 Å². The first-order valence-electron chi connectivity index (χ1n) is 6.98. The molecule has 1 heterocycles. The van der Waals surface area contributed by atoms with Gasteiger partial charge in [0.15, 0.2) is 0 Å². The van der Waals surface area contributed by atoms with Crippen molar-refractivity contribution in [2.75, 3.05) is 32.9 Å². The zero-order valence-corrected chi connectivity index (χ0v) is 12.1. The van der Waals surface area contributed by atoms with Crippen LogP contribution in [0.5, 0.6) is 0 Å². The lowest BCUT2D eigenvalue weighted by Gasteiger charge is -2.23. The molecule has 5 nitrogen and oxygen atoms in total. The van der Waals surface area contributed by atoms with Crippen molar-refractivity contribution >= 4 is 5.91 Å². The van der Waals surface area contributed by atoms with Gasteiger partial charge in [0.25, 0.3) is 5.91 Å². The van der Waals surface area contributed by atoms with Gasteiger partial charge >= 0.3 is 0 Å². The summed E-state index contributed by atoms with van der Waals surface area (Å²) >= 11 is 0. The van der Waals surface area contributed by atoms with Crippen LogP contribution in [-0.4, -0.2) is 44.9 Å². The van der Waals surface area contributed by atoms with Gasteiger partial charge in [-0.15, -0.1) is 0 Å². The maximum absolute atomic E-state index is 12.3. The van der Waals surface area contributed by atoms with Crippen LogP contribution in [-0.2, 0) is 9.47 Å². The molecule has 21 heavy (non-hydrogen) atoms.